The second-order valence-electron chi connectivity index (χ2n) is 16.8. The lowest BCUT2D eigenvalue weighted by Crippen LogP contribution is -2.52. The van der Waals surface area contributed by atoms with E-state index in [1.807, 2.05) is 50.9 Å². The second-order valence-corrected chi connectivity index (χ2v) is 21.9. The van der Waals surface area contributed by atoms with Crippen LogP contribution in [0, 0.1) is 17.8 Å². The number of aromatic amines is 2. The molecular formula is C42H56N8O6Si. The van der Waals surface area contributed by atoms with Crippen LogP contribution in [0.5, 0.6) is 0 Å². The van der Waals surface area contributed by atoms with Crippen molar-refractivity contribution >= 4 is 32.1 Å². The Morgan fingerprint density at radius 1 is 0.772 bits per heavy atom. The number of benzene rings is 2. The molecule has 5 N–H and O–H groups in total. The number of imidazole rings is 2. The van der Waals surface area contributed by atoms with E-state index in [0.29, 0.717) is 17.9 Å². The first-order valence-electron chi connectivity index (χ1n) is 19.8. The van der Waals surface area contributed by atoms with Crippen molar-refractivity contribution in [2.75, 3.05) is 20.4 Å². The lowest BCUT2D eigenvalue weighted by Gasteiger charge is -2.30. The number of carbonyl (C=O) groups is 4. The molecule has 4 amide bonds. The molecule has 0 unspecified atom stereocenters. The average molecular weight is 797 g/mol. The molecule has 2 aliphatic rings. The fourth-order valence-electron chi connectivity index (χ4n) is 7.53. The van der Waals surface area contributed by atoms with Crippen molar-refractivity contribution in [3.63, 3.8) is 0 Å². The molecule has 4 atom stereocenters. The Balaban J connectivity index is 1.13. The van der Waals surface area contributed by atoms with Gasteiger partial charge in [-0.25, -0.2) is 19.6 Å². The van der Waals surface area contributed by atoms with Crippen LogP contribution in [0.2, 0.25) is 19.1 Å². The Morgan fingerprint density at radius 3 is 1.89 bits per heavy atom. The molecule has 1 saturated carbocycles. The van der Waals surface area contributed by atoms with E-state index in [4.69, 9.17) is 14.5 Å². The number of methoxy groups -OCH3 is 2. The lowest BCUT2D eigenvalue weighted by molar-refractivity contribution is -0.135. The van der Waals surface area contributed by atoms with Crippen molar-refractivity contribution in [3.8, 4) is 33.8 Å². The van der Waals surface area contributed by atoms with Crippen LogP contribution in [0.1, 0.15) is 70.6 Å². The molecule has 57 heavy (non-hydrogen) atoms. The molecule has 0 spiro atoms. The molecule has 1 aliphatic heterocycles. The van der Waals surface area contributed by atoms with E-state index in [1.54, 1.807) is 6.20 Å². The van der Waals surface area contributed by atoms with Gasteiger partial charge in [-0.15, -0.1) is 0 Å². The molecule has 6 rings (SSSR count). The highest BCUT2D eigenvalue weighted by molar-refractivity contribution is 6.78. The van der Waals surface area contributed by atoms with E-state index in [2.05, 4.69) is 80.4 Å². The molecular weight excluding hydrogens is 741 g/mol. The summed E-state index contributed by atoms with van der Waals surface area (Å²) in [6.07, 6.45) is 6.08. The summed E-state index contributed by atoms with van der Waals surface area (Å²) in [6, 6.07) is 15.4. The minimum Gasteiger partial charge on any atom is -0.453 e. The first-order valence-corrected chi connectivity index (χ1v) is 23.2. The summed E-state index contributed by atoms with van der Waals surface area (Å²) in [7, 11) is 0.837. The summed E-state index contributed by atoms with van der Waals surface area (Å²) < 4.78 is 9.54. The Hall–Kier alpha value is -5.44. The van der Waals surface area contributed by atoms with Crippen molar-refractivity contribution in [2.24, 2.45) is 17.8 Å². The van der Waals surface area contributed by atoms with E-state index in [9.17, 15) is 19.2 Å². The van der Waals surface area contributed by atoms with Gasteiger partial charge >= 0.3 is 12.2 Å². The zero-order chi connectivity index (χ0) is 41.0. The summed E-state index contributed by atoms with van der Waals surface area (Å²) >= 11 is 0. The SMILES string of the molecule is COC(=O)N[C@H](C(=O)N[C@@H](CC1CC1)c1cnc(-c2ccc(-c3ccc(-c4cnc([C@@H]5C[Si](C)(C)CN5C(=O)[C@@H](NC(=O)OC)C(C)C)[nH]4)cc3)cc2)[nH]1)C(C)C. The molecule has 1 saturated heterocycles. The van der Waals surface area contributed by atoms with Crippen molar-refractivity contribution in [1.82, 2.24) is 40.8 Å². The molecule has 304 valence electrons. The van der Waals surface area contributed by atoms with Crippen molar-refractivity contribution < 1.29 is 28.7 Å². The summed E-state index contributed by atoms with van der Waals surface area (Å²) in [4.78, 5) is 69.4. The largest absolute Gasteiger partial charge is 0.453 e. The summed E-state index contributed by atoms with van der Waals surface area (Å²) in [5, 5.41) is 8.54. The van der Waals surface area contributed by atoms with Crippen LogP contribution < -0.4 is 16.0 Å². The number of amides is 4. The Morgan fingerprint density at radius 2 is 1.33 bits per heavy atom. The third-order valence-corrected chi connectivity index (χ3v) is 13.6. The van der Waals surface area contributed by atoms with Crippen molar-refractivity contribution in [3.05, 3.63) is 72.4 Å². The molecule has 0 bridgehead atoms. The predicted molar refractivity (Wildman–Crippen MR) is 220 cm³/mol. The number of H-pyrrole nitrogens is 2. The normalized spacial score (nSPS) is 17.9. The van der Waals surface area contributed by atoms with Gasteiger partial charge in [0.2, 0.25) is 11.8 Å². The Labute approximate surface area is 335 Å². The molecule has 0 radical (unpaired) electrons. The molecule has 1 aliphatic carbocycles. The second kappa shape index (κ2) is 17.4. The maximum atomic E-state index is 13.8. The van der Waals surface area contributed by atoms with Gasteiger partial charge in [-0.05, 0) is 46.9 Å². The van der Waals surface area contributed by atoms with E-state index in [0.717, 1.165) is 64.8 Å². The van der Waals surface area contributed by atoms with Crippen LogP contribution in [0.25, 0.3) is 33.8 Å². The number of alkyl carbamates (subject to hydrolysis) is 2. The molecule has 2 fully saturated rings. The standard InChI is InChI=1S/C42H56N8O6Si/c1-24(2)35(48-41(53)55-5)39(51)47-31(19-26-9-10-26)33-21-43-37(46-33)30-17-13-28(14-18-30)27-11-15-29(16-12-27)32-20-44-38(45-32)34-22-57(7,8)23-50(34)40(52)36(25(3)4)49-42(54)56-6/h11-18,20-21,24-26,31,34-36H,9-10,19,22-23H2,1-8H3,(H,43,46)(H,44,45)(H,47,51)(H,48,53)(H,49,54)/t31-,34-,35-,36-/m0/s1. The van der Waals surface area contributed by atoms with E-state index in [-0.39, 0.29) is 35.7 Å². The van der Waals surface area contributed by atoms with Gasteiger partial charge in [0, 0.05) is 11.7 Å². The zero-order valence-corrected chi connectivity index (χ0v) is 35.1. The number of carbonyl (C=O) groups excluding carboxylic acids is 4. The third-order valence-electron chi connectivity index (χ3n) is 11.0. The van der Waals surface area contributed by atoms with E-state index < -0.39 is 32.3 Å². The summed E-state index contributed by atoms with van der Waals surface area (Å²) in [6.45, 7) is 12.1. The van der Waals surface area contributed by atoms with Crippen LogP contribution in [0.4, 0.5) is 9.59 Å². The average Bonchev–Trinajstić information content (AvgIpc) is 3.53. The van der Waals surface area contributed by atoms with Gasteiger partial charge in [-0.1, -0.05) is 102 Å². The Kier molecular flexibility index (Phi) is 12.6. The summed E-state index contributed by atoms with van der Waals surface area (Å²) in [5.41, 5.74) is 5.68. The number of hydrogen-bond donors (Lipinski definition) is 5. The molecule has 14 nitrogen and oxygen atoms in total. The van der Waals surface area contributed by atoms with Crippen LogP contribution in [0.15, 0.2) is 60.9 Å². The number of nitrogens with one attached hydrogen (secondary N) is 5. The highest BCUT2D eigenvalue weighted by atomic mass is 28.3. The van der Waals surface area contributed by atoms with Gasteiger partial charge in [-0.3, -0.25) is 9.59 Å². The third kappa shape index (κ3) is 9.93. The number of rotatable bonds is 14. The van der Waals surface area contributed by atoms with Gasteiger partial charge in [0.25, 0.3) is 0 Å². The van der Waals surface area contributed by atoms with Crippen LogP contribution in [-0.4, -0.2) is 89.4 Å². The number of ether oxygens (including phenoxy) is 2. The van der Waals surface area contributed by atoms with Gasteiger partial charge in [0.15, 0.2) is 0 Å². The van der Waals surface area contributed by atoms with Crippen LogP contribution in [0.3, 0.4) is 0 Å². The van der Waals surface area contributed by atoms with Gasteiger partial charge < -0.3 is 40.3 Å². The van der Waals surface area contributed by atoms with Gasteiger partial charge in [-0.2, -0.15) is 0 Å². The highest BCUT2D eigenvalue weighted by Crippen LogP contribution is 2.39. The molecule has 4 aromatic rings. The fourth-order valence-corrected chi connectivity index (χ4v) is 10.4. The minimum atomic E-state index is -1.74. The molecule has 2 aromatic heterocycles. The quantitative estimate of drug-likeness (QED) is 0.0847. The Bertz CT molecular complexity index is 2040. The fraction of sp³-hybridized carbons (Fsp3) is 0.476. The maximum absolute atomic E-state index is 13.8. The smallest absolute Gasteiger partial charge is 0.407 e. The molecule has 3 heterocycles. The molecule has 15 heteroatoms. The van der Waals surface area contributed by atoms with Crippen molar-refractivity contribution in [1.29, 1.82) is 0 Å². The summed E-state index contributed by atoms with van der Waals surface area (Å²) in [5.74, 6) is 1.38. The molecule has 2 aromatic carbocycles. The van der Waals surface area contributed by atoms with E-state index in [1.165, 1.54) is 14.2 Å². The van der Waals surface area contributed by atoms with Crippen LogP contribution >= 0.6 is 0 Å². The van der Waals surface area contributed by atoms with Gasteiger partial charge in [0.1, 0.15) is 23.7 Å². The number of nitrogens with zero attached hydrogens (tertiary/aromatic N) is 3. The van der Waals surface area contributed by atoms with Crippen molar-refractivity contribution in [2.45, 2.75) is 90.3 Å². The predicted octanol–water partition coefficient (Wildman–Crippen LogP) is 6.98. The maximum Gasteiger partial charge on any atom is 0.407 e. The minimum absolute atomic E-state index is 0.110. The first-order chi connectivity index (χ1) is 27.2. The first kappa shape index (κ1) is 41.2. The monoisotopic (exact) mass is 796 g/mol. The van der Waals surface area contributed by atoms with Crippen LogP contribution in [-0.2, 0) is 19.1 Å². The number of aromatic nitrogens is 4. The highest BCUT2D eigenvalue weighted by Gasteiger charge is 2.45. The van der Waals surface area contributed by atoms with Gasteiger partial charge in [0.05, 0.1) is 58.2 Å². The zero-order valence-electron chi connectivity index (χ0n) is 34.1. The van der Waals surface area contributed by atoms with E-state index >= 15 is 0 Å². The topological polar surface area (TPSA) is 183 Å². The number of hydrogen-bond acceptors (Lipinski definition) is 8. The lowest BCUT2D eigenvalue weighted by atomic mass is 10.0.